The Morgan fingerprint density at radius 2 is 1.53 bits per heavy atom. The highest BCUT2D eigenvalue weighted by Gasteiger charge is 1.98. The average Bonchev–Trinajstić information content (AvgIpc) is 2.43. The minimum absolute atomic E-state index is 0.102. The number of hydrogen-bond donors (Lipinski definition) is 2. The summed E-state index contributed by atoms with van der Waals surface area (Å²) in [7, 11) is 0. The molecule has 3 heteroatoms. The molecule has 2 aromatic rings. The first-order chi connectivity index (χ1) is 9.19. The van der Waals surface area contributed by atoms with Crippen molar-refractivity contribution in [3.05, 3.63) is 69.2 Å². The summed E-state index contributed by atoms with van der Waals surface area (Å²) in [5.41, 5.74) is 4.70. The Balaban J connectivity index is 1.86. The molecule has 0 amide bonds. The average molecular weight is 320 g/mol. The number of aliphatic hydroxyl groups is 1. The Morgan fingerprint density at radius 1 is 0.947 bits per heavy atom. The van der Waals surface area contributed by atoms with Gasteiger partial charge in [-0.1, -0.05) is 52.3 Å². The standard InChI is InChI=1S/C16H18BrNO/c1-12-2-3-15(8-16(12)17)10-18-9-13-4-6-14(11-19)7-5-13/h2-8,18-19H,9-11H2,1H3. The highest BCUT2D eigenvalue weighted by Crippen LogP contribution is 2.17. The molecule has 0 heterocycles. The van der Waals surface area contributed by atoms with Crippen molar-refractivity contribution in [1.82, 2.24) is 5.32 Å². The summed E-state index contributed by atoms with van der Waals surface area (Å²) in [5, 5.41) is 12.4. The molecule has 2 N–H and O–H groups in total. The molecule has 2 rings (SSSR count). The summed E-state index contributed by atoms with van der Waals surface area (Å²) in [6.07, 6.45) is 0. The van der Waals surface area contributed by atoms with Gasteiger partial charge in [0.25, 0.3) is 0 Å². The highest BCUT2D eigenvalue weighted by molar-refractivity contribution is 9.10. The number of rotatable bonds is 5. The molecule has 0 spiro atoms. The minimum atomic E-state index is 0.102. The lowest BCUT2D eigenvalue weighted by atomic mass is 10.1. The number of aliphatic hydroxyl groups excluding tert-OH is 1. The van der Waals surface area contributed by atoms with Crippen molar-refractivity contribution in [2.75, 3.05) is 0 Å². The lowest BCUT2D eigenvalue weighted by Gasteiger charge is -2.07. The Labute approximate surface area is 122 Å². The van der Waals surface area contributed by atoms with Crippen LogP contribution in [0.5, 0.6) is 0 Å². The van der Waals surface area contributed by atoms with Crippen molar-refractivity contribution >= 4 is 15.9 Å². The van der Waals surface area contributed by atoms with Crippen molar-refractivity contribution in [2.24, 2.45) is 0 Å². The maximum atomic E-state index is 8.98. The zero-order chi connectivity index (χ0) is 13.7. The molecule has 0 unspecified atom stereocenters. The van der Waals surface area contributed by atoms with Crippen LogP contribution in [-0.2, 0) is 19.7 Å². The van der Waals surface area contributed by atoms with Crippen LogP contribution in [0.3, 0.4) is 0 Å². The fraction of sp³-hybridized carbons (Fsp3) is 0.250. The predicted octanol–water partition coefficient (Wildman–Crippen LogP) is 3.54. The van der Waals surface area contributed by atoms with Crippen molar-refractivity contribution in [2.45, 2.75) is 26.6 Å². The summed E-state index contributed by atoms with van der Waals surface area (Å²) in [4.78, 5) is 0. The maximum absolute atomic E-state index is 8.98. The summed E-state index contributed by atoms with van der Waals surface area (Å²) >= 11 is 3.55. The third kappa shape index (κ3) is 4.16. The summed E-state index contributed by atoms with van der Waals surface area (Å²) in [6, 6.07) is 14.4. The molecule has 19 heavy (non-hydrogen) atoms. The van der Waals surface area contributed by atoms with Crippen LogP contribution in [0.2, 0.25) is 0 Å². The van der Waals surface area contributed by atoms with E-state index in [1.165, 1.54) is 16.7 Å². The molecule has 0 saturated carbocycles. The molecule has 0 bridgehead atoms. The van der Waals surface area contributed by atoms with Crippen molar-refractivity contribution in [3.63, 3.8) is 0 Å². The topological polar surface area (TPSA) is 32.3 Å². The van der Waals surface area contributed by atoms with Crippen LogP contribution in [0.25, 0.3) is 0 Å². The van der Waals surface area contributed by atoms with Gasteiger partial charge >= 0.3 is 0 Å². The smallest absolute Gasteiger partial charge is 0.0681 e. The molecular weight excluding hydrogens is 302 g/mol. The van der Waals surface area contributed by atoms with E-state index in [0.717, 1.165) is 23.1 Å². The van der Waals surface area contributed by atoms with Gasteiger partial charge in [0.15, 0.2) is 0 Å². The van der Waals surface area contributed by atoms with Gasteiger partial charge < -0.3 is 10.4 Å². The fourth-order valence-corrected chi connectivity index (χ4v) is 2.29. The van der Waals surface area contributed by atoms with Gasteiger partial charge in [-0.25, -0.2) is 0 Å². The van der Waals surface area contributed by atoms with Crippen LogP contribution in [0.4, 0.5) is 0 Å². The van der Waals surface area contributed by atoms with Gasteiger partial charge in [-0.05, 0) is 35.2 Å². The highest BCUT2D eigenvalue weighted by atomic mass is 79.9. The SMILES string of the molecule is Cc1ccc(CNCc2ccc(CO)cc2)cc1Br. The monoisotopic (exact) mass is 319 g/mol. The minimum Gasteiger partial charge on any atom is -0.392 e. The molecule has 2 aromatic carbocycles. The Kier molecular flexibility index (Phi) is 5.14. The quantitative estimate of drug-likeness (QED) is 0.883. The molecule has 0 aromatic heterocycles. The molecule has 2 nitrogen and oxygen atoms in total. The van der Waals surface area contributed by atoms with Crippen molar-refractivity contribution in [1.29, 1.82) is 0 Å². The van der Waals surface area contributed by atoms with Crippen LogP contribution in [-0.4, -0.2) is 5.11 Å². The molecule has 0 aliphatic carbocycles. The third-order valence-corrected chi connectivity index (χ3v) is 3.95. The lowest BCUT2D eigenvalue weighted by Crippen LogP contribution is -2.12. The van der Waals surface area contributed by atoms with Crippen LogP contribution >= 0.6 is 15.9 Å². The van der Waals surface area contributed by atoms with E-state index in [1.54, 1.807) is 0 Å². The van der Waals surface area contributed by atoms with Crippen LogP contribution in [0.1, 0.15) is 22.3 Å². The van der Waals surface area contributed by atoms with Gasteiger partial charge in [0.2, 0.25) is 0 Å². The molecule has 0 fully saturated rings. The van der Waals surface area contributed by atoms with Gasteiger partial charge in [-0.15, -0.1) is 0 Å². The zero-order valence-corrected chi connectivity index (χ0v) is 12.6. The van der Waals surface area contributed by atoms with E-state index in [0.29, 0.717) is 0 Å². The van der Waals surface area contributed by atoms with Crippen molar-refractivity contribution < 1.29 is 5.11 Å². The second-order valence-electron chi connectivity index (χ2n) is 4.66. The largest absolute Gasteiger partial charge is 0.392 e. The van der Waals surface area contributed by atoms with Gasteiger partial charge in [0.05, 0.1) is 6.61 Å². The normalized spacial score (nSPS) is 10.7. The molecule has 0 atom stereocenters. The summed E-state index contributed by atoms with van der Waals surface area (Å²) in [5.74, 6) is 0. The van der Waals surface area contributed by atoms with E-state index in [1.807, 2.05) is 24.3 Å². The predicted molar refractivity (Wildman–Crippen MR) is 81.8 cm³/mol. The van der Waals surface area contributed by atoms with Crippen molar-refractivity contribution in [3.8, 4) is 0 Å². The van der Waals surface area contributed by atoms with Crippen LogP contribution in [0.15, 0.2) is 46.9 Å². The van der Waals surface area contributed by atoms with Gasteiger partial charge in [-0.2, -0.15) is 0 Å². The van der Waals surface area contributed by atoms with E-state index in [4.69, 9.17) is 5.11 Å². The molecule has 0 radical (unpaired) electrons. The van der Waals surface area contributed by atoms with Gasteiger partial charge in [-0.3, -0.25) is 0 Å². The third-order valence-electron chi connectivity index (χ3n) is 3.10. The lowest BCUT2D eigenvalue weighted by molar-refractivity contribution is 0.282. The van der Waals surface area contributed by atoms with Crippen LogP contribution in [0, 0.1) is 6.92 Å². The number of nitrogens with one attached hydrogen (secondary N) is 1. The Morgan fingerprint density at radius 3 is 2.16 bits per heavy atom. The van der Waals surface area contributed by atoms with E-state index >= 15 is 0 Å². The van der Waals surface area contributed by atoms with E-state index in [-0.39, 0.29) is 6.61 Å². The summed E-state index contributed by atoms with van der Waals surface area (Å²) < 4.78 is 1.15. The first-order valence-corrected chi connectivity index (χ1v) is 7.13. The first-order valence-electron chi connectivity index (χ1n) is 6.33. The zero-order valence-electron chi connectivity index (χ0n) is 11.0. The van der Waals surface area contributed by atoms with Gasteiger partial charge in [0.1, 0.15) is 0 Å². The second kappa shape index (κ2) is 6.85. The second-order valence-corrected chi connectivity index (χ2v) is 5.52. The number of benzene rings is 2. The molecular formula is C16H18BrNO. The Hall–Kier alpha value is -1.16. The number of hydrogen-bond acceptors (Lipinski definition) is 2. The van der Waals surface area contributed by atoms with E-state index < -0.39 is 0 Å². The molecule has 0 aliphatic heterocycles. The maximum Gasteiger partial charge on any atom is 0.0681 e. The van der Waals surface area contributed by atoms with E-state index in [2.05, 4.69) is 46.4 Å². The molecule has 100 valence electrons. The van der Waals surface area contributed by atoms with Gasteiger partial charge in [0, 0.05) is 17.6 Å². The van der Waals surface area contributed by atoms with Crippen LogP contribution < -0.4 is 5.32 Å². The molecule has 0 aliphatic rings. The van der Waals surface area contributed by atoms with E-state index in [9.17, 15) is 0 Å². The fourth-order valence-electron chi connectivity index (χ4n) is 1.86. The summed E-state index contributed by atoms with van der Waals surface area (Å²) in [6.45, 7) is 3.87. The number of aryl methyl sites for hydroxylation is 1. The molecule has 0 saturated heterocycles. The number of halogens is 1. The first kappa shape index (κ1) is 14.3. The Bertz CT molecular complexity index is 537.